The summed E-state index contributed by atoms with van der Waals surface area (Å²) in [7, 11) is -4.41. The number of carbonyl (C=O) groups excluding carboxylic acids is 1. The van der Waals surface area contributed by atoms with E-state index in [2.05, 4.69) is 10.0 Å². The normalized spacial score (nSPS) is 10.9. The molecule has 0 unspecified atom stereocenters. The number of hydrogen-bond acceptors (Lipinski definition) is 6. The summed E-state index contributed by atoms with van der Waals surface area (Å²) < 4.78 is 27.6. The van der Waals surface area contributed by atoms with Crippen LogP contribution in [0.3, 0.4) is 0 Å². The Hall–Kier alpha value is -3.92. The molecule has 0 saturated carbocycles. The molecule has 1 amide bonds. The molecule has 0 aliphatic heterocycles. The van der Waals surface area contributed by atoms with E-state index in [9.17, 15) is 28.4 Å². The highest BCUT2D eigenvalue weighted by atomic mass is 32.2. The van der Waals surface area contributed by atoms with Crippen LogP contribution >= 0.6 is 0 Å². The van der Waals surface area contributed by atoms with Gasteiger partial charge < -0.3 is 10.4 Å². The van der Waals surface area contributed by atoms with Crippen molar-refractivity contribution in [3.63, 3.8) is 0 Å². The van der Waals surface area contributed by atoms with Crippen molar-refractivity contribution in [3.05, 3.63) is 88.5 Å². The van der Waals surface area contributed by atoms with Gasteiger partial charge in [0, 0.05) is 23.5 Å². The van der Waals surface area contributed by atoms with E-state index in [0.29, 0.717) is 11.8 Å². The van der Waals surface area contributed by atoms with Crippen molar-refractivity contribution in [2.24, 2.45) is 0 Å². The number of rotatable bonds is 6. The third kappa shape index (κ3) is 4.50. The molecule has 148 valence electrons. The summed E-state index contributed by atoms with van der Waals surface area (Å²) in [5.74, 6) is -1.79. The van der Waals surface area contributed by atoms with Gasteiger partial charge in [0.1, 0.15) is 10.6 Å². The van der Waals surface area contributed by atoms with Crippen molar-refractivity contribution in [3.8, 4) is 5.75 Å². The molecule has 10 heteroatoms. The van der Waals surface area contributed by atoms with Crippen LogP contribution < -0.4 is 10.0 Å². The van der Waals surface area contributed by atoms with Gasteiger partial charge in [-0.15, -0.1) is 0 Å². The summed E-state index contributed by atoms with van der Waals surface area (Å²) in [6, 6.07) is 17.5. The van der Waals surface area contributed by atoms with Gasteiger partial charge in [-0.1, -0.05) is 36.4 Å². The predicted octanol–water partition coefficient (Wildman–Crippen LogP) is 3.35. The van der Waals surface area contributed by atoms with E-state index in [1.165, 1.54) is 12.1 Å². The van der Waals surface area contributed by atoms with Gasteiger partial charge >= 0.3 is 0 Å². The van der Waals surface area contributed by atoms with E-state index in [4.69, 9.17) is 0 Å². The molecule has 29 heavy (non-hydrogen) atoms. The van der Waals surface area contributed by atoms with Crippen molar-refractivity contribution in [2.75, 3.05) is 10.0 Å². The van der Waals surface area contributed by atoms with Crippen molar-refractivity contribution >= 4 is 33.0 Å². The predicted molar refractivity (Wildman–Crippen MR) is 106 cm³/mol. The van der Waals surface area contributed by atoms with E-state index < -0.39 is 42.7 Å². The summed E-state index contributed by atoms with van der Waals surface area (Å²) in [6.07, 6.45) is 0. The lowest BCUT2D eigenvalue weighted by molar-refractivity contribution is -0.385. The molecule has 0 atom stereocenters. The zero-order chi connectivity index (χ0) is 21.0. The number of nitrogens with zero attached hydrogens (tertiary/aromatic N) is 1. The summed E-state index contributed by atoms with van der Waals surface area (Å²) in [5, 5.41) is 24.2. The van der Waals surface area contributed by atoms with Gasteiger partial charge in [-0.05, 0) is 24.3 Å². The third-order valence-electron chi connectivity index (χ3n) is 3.86. The number of benzene rings is 3. The molecule has 0 saturated heterocycles. The third-order valence-corrected chi connectivity index (χ3v) is 5.26. The number of anilines is 2. The van der Waals surface area contributed by atoms with E-state index in [0.717, 1.165) is 6.07 Å². The van der Waals surface area contributed by atoms with Gasteiger partial charge in [0.15, 0.2) is 0 Å². The Labute approximate surface area is 165 Å². The van der Waals surface area contributed by atoms with E-state index in [1.807, 2.05) is 0 Å². The van der Waals surface area contributed by atoms with Gasteiger partial charge in [0.25, 0.3) is 21.6 Å². The largest absolute Gasteiger partial charge is 0.506 e. The van der Waals surface area contributed by atoms with Crippen LogP contribution in [0.5, 0.6) is 5.75 Å². The van der Waals surface area contributed by atoms with E-state index in [1.54, 1.807) is 48.5 Å². The van der Waals surface area contributed by atoms with Crippen LogP contribution in [0.2, 0.25) is 0 Å². The lowest BCUT2D eigenvalue weighted by atomic mass is 10.1. The Morgan fingerprint density at radius 3 is 2.03 bits per heavy atom. The summed E-state index contributed by atoms with van der Waals surface area (Å²) >= 11 is 0. The first-order valence-corrected chi connectivity index (χ1v) is 9.72. The molecule has 0 aliphatic carbocycles. The number of nitrogens with one attached hydrogen (secondary N) is 2. The molecule has 0 spiro atoms. The molecule has 3 aromatic rings. The van der Waals surface area contributed by atoms with Crippen LogP contribution in [-0.2, 0) is 10.0 Å². The highest BCUT2D eigenvalue weighted by molar-refractivity contribution is 7.92. The molecule has 0 bridgehead atoms. The van der Waals surface area contributed by atoms with Gasteiger partial charge in [-0.25, -0.2) is 8.42 Å². The SMILES string of the molecule is O=C(Nc1ccccc1)c1cc([N+](=O)[O-])cc(S(=O)(=O)Nc2ccccc2)c1O. The molecule has 3 N–H and O–H groups in total. The number of nitro benzene ring substituents is 1. The van der Waals surface area contributed by atoms with Gasteiger partial charge in [0.2, 0.25) is 0 Å². The first kappa shape index (κ1) is 19.8. The minimum atomic E-state index is -4.41. The Morgan fingerprint density at radius 1 is 0.931 bits per heavy atom. The first-order chi connectivity index (χ1) is 13.8. The van der Waals surface area contributed by atoms with Crippen molar-refractivity contribution in [1.82, 2.24) is 0 Å². The molecule has 0 aliphatic rings. The van der Waals surface area contributed by atoms with Gasteiger partial charge in [-0.2, -0.15) is 0 Å². The molecule has 0 aromatic heterocycles. The minimum Gasteiger partial charge on any atom is -0.506 e. The Balaban J connectivity index is 2.05. The highest BCUT2D eigenvalue weighted by Gasteiger charge is 2.28. The average Bonchev–Trinajstić information content (AvgIpc) is 2.69. The zero-order valence-corrected chi connectivity index (χ0v) is 15.6. The number of para-hydroxylation sites is 2. The molecule has 0 radical (unpaired) electrons. The van der Waals surface area contributed by atoms with Gasteiger partial charge in [0.05, 0.1) is 10.5 Å². The maximum atomic E-state index is 12.7. The van der Waals surface area contributed by atoms with Crippen LogP contribution in [-0.4, -0.2) is 24.4 Å². The molecule has 0 heterocycles. The maximum Gasteiger partial charge on any atom is 0.271 e. The average molecular weight is 413 g/mol. The van der Waals surface area contributed by atoms with Crippen LogP contribution in [0, 0.1) is 10.1 Å². The Bertz CT molecular complexity index is 1170. The molecule has 0 fully saturated rings. The van der Waals surface area contributed by atoms with Crippen LogP contribution in [0.15, 0.2) is 77.7 Å². The quantitative estimate of drug-likeness (QED) is 0.418. The number of phenols is 1. The molecular formula is C19H15N3O6S. The van der Waals surface area contributed by atoms with Crippen molar-refractivity contribution < 1.29 is 23.2 Å². The number of aromatic hydroxyl groups is 1. The number of amides is 1. The number of nitro groups is 1. The fraction of sp³-hybridized carbons (Fsp3) is 0. The molecule has 3 rings (SSSR count). The first-order valence-electron chi connectivity index (χ1n) is 8.23. The molecular weight excluding hydrogens is 398 g/mol. The van der Waals surface area contributed by atoms with E-state index >= 15 is 0 Å². The highest BCUT2D eigenvalue weighted by Crippen LogP contribution is 2.33. The second-order valence-electron chi connectivity index (χ2n) is 5.89. The lowest BCUT2D eigenvalue weighted by Gasteiger charge is -2.12. The molecule has 3 aromatic carbocycles. The van der Waals surface area contributed by atoms with Crippen LogP contribution in [0.1, 0.15) is 10.4 Å². The van der Waals surface area contributed by atoms with E-state index in [-0.39, 0.29) is 5.69 Å². The summed E-state index contributed by atoms with van der Waals surface area (Å²) in [5.41, 5.74) is -0.644. The van der Waals surface area contributed by atoms with Crippen LogP contribution in [0.4, 0.5) is 17.1 Å². The van der Waals surface area contributed by atoms with Crippen molar-refractivity contribution in [1.29, 1.82) is 0 Å². The fourth-order valence-corrected chi connectivity index (χ4v) is 3.71. The second-order valence-corrected chi connectivity index (χ2v) is 7.54. The van der Waals surface area contributed by atoms with Crippen LogP contribution in [0.25, 0.3) is 0 Å². The lowest BCUT2D eigenvalue weighted by Crippen LogP contribution is -2.17. The fourth-order valence-electron chi connectivity index (χ4n) is 2.51. The minimum absolute atomic E-state index is 0.189. The number of carbonyl (C=O) groups is 1. The summed E-state index contributed by atoms with van der Waals surface area (Å²) in [4.78, 5) is 22.2. The number of non-ortho nitro benzene ring substituents is 1. The Morgan fingerprint density at radius 2 is 1.48 bits per heavy atom. The smallest absolute Gasteiger partial charge is 0.271 e. The number of sulfonamides is 1. The van der Waals surface area contributed by atoms with Gasteiger partial charge in [-0.3, -0.25) is 19.6 Å². The number of hydrogen-bond donors (Lipinski definition) is 3. The Kier molecular flexibility index (Phi) is 5.46. The number of phenolic OH excluding ortho intramolecular Hbond substituents is 1. The monoisotopic (exact) mass is 413 g/mol. The topological polar surface area (TPSA) is 139 Å². The summed E-state index contributed by atoms with van der Waals surface area (Å²) in [6.45, 7) is 0. The second kappa shape index (κ2) is 7.98. The van der Waals surface area contributed by atoms with Crippen molar-refractivity contribution in [2.45, 2.75) is 4.90 Å². The maximum absolute atomic E-state index is 12.7. The zero-order valence-electron chi connectivity index (χ0n) is 14.8. The standard InChI is InChI=1S/C19H15N3O6S/c23-18-16(19(24)20-13-7-3-1-4-8-13)11-15(22(25)26)12-17(18)29(27,28)21-14-9-5-2-6-10-14/h1-12,21,23H,(H,20,24). The molecule has 9 nitrogen and oxygen atoms in total.